The van der Waals surface area contributed by atoms with Gasteiger partial charge in [0.2, 0.25) is 0 Å². The molecule has 1 aliphatic heterocycles. The third-order valence-corrected chi connectivity index (χ3v) is 3.41. The summed E-state index contributed by atoms with van der Waals surface area (Å²) in [5, 5.41) is 0. The first-order valence-electron chi connectivity index (χ1n) is 6.76. The van der Waals surface area contributed by atoms with Crippen LogP contribution in [0.1, 0.15) is 39.3 Å². The van der Waals surface area contributed by atoms with Crippen LogP contribution in [0.15, 0.2) is 18.2 Å². The van der Waals surface area contributed by atoms with Gasteiger partial charge in [-0.1, -0.05) is 6.07 Å². The molecule has 0 radical (unpaired) electrons. The molecule has 2 N–H and O–H groups in total. The first-order valence-corrected chi connectivity index (χ1v) is 6.76. The molecular formula is C15H23FN2O. The number of halogens is 1. The Kier molecular flexibility index (Phi) is 3.83. The van der Waals surface area contributed by atoms with E-state index < -0.39 is 0 Å². The third kappa shape index (κ3) is 3.25. The van der Waals surface area contributed by atoms with E-state index in [1.807, 2.05) is 39.8 Å². The third-order valence-electron chi connectivity index (χ3n) is 3.41. The SMILES string of the molecule is CC1CN(c2ccc([C@@H](C)N)cc2F)CC(C)(C)O1. The minimum absolute atomic E-state index is 0.0938. The van der Waals surface area contributed by atoms with E-state index in [2.05, 4.69) is 4.90 Å². The number of ether oxygens (including phenoxy) is 1. The maximum atomic E-state index is 14.2. The van der Waals surface area contributed by atoms with E-state index >= 15 is 0 Å². The Balaban J connectivity index is 2.26. The quantitative estimate of drug-likeness (QED) is 0.894. The lowest BCUT2D eigenvalue weighted by Gasteiger charge is -2.43. The average Bonchev–Trinajstić information content (AvgIpc) is 2.25. The van der Waals surface area contributed by atoms with Crippen molar-refractivity contribution in [2.45, 2.75) is 45.4 Å². The van der Waals surface area contributed by atoms with Crippen LogP contribution in [0.5, 0.6) is 0 Å². The molecule has 1 saturated heterocycles. The molecule has 2 rings (SSSR count). The van der Waals surface area contributed by atoms with Crippen molar-refractivity contribution in [1.82, 2.24) is 0 Å². The Morgan fingerprint density at radius 2 is 2.16 bits per heavy atom. The molecule has 0 aromatic heterocycles. The van der Waals surface area contributed by atoms with Crippen LogP contribution in [-0.2, 0) is 4.74 Å². The maximum Gasteiger partial charge on any atom is 0.146 e. The summed E-state index contributed by atoms with van der Waals surface area (Å²) in [6, 6.07) is 5.11. The highest BCUT2D eigenvalue weighted by molar-refractivity contribution is 5.50. The molecule has 19 heavy (non-hydrogen) atoms. The highest BCUT2D eigenvalue weighted by Crippen LogP contribution is 2.29. The minimum atomic E-state index is -0.260. The van der Waals surface area contributed by atoms with Crippen molar-refractivity contribution in [3.63, 3.8) is 0 Å². The van der Waals surface area contributed by atoms with Gasteiger partial charge in [0.1, 0.15) is 5.82 Å². The average molecular weight is 266 g/mol. The van der Waals surface area contributed by atoms with Crippen LogP contribution < -0.4 is 10.6 Å². The van der Waals surface area contributed by atoms with Crippen molar-refractivity contribution in [2.75, 3.05) is 18.0 Å². The molecule has 0 bridgehead atoms. The van der Waals surface area contributed by atoms with Gasteiger partial charge in [-0.15, -0.1) is 0 Å². The molecule has 0 amide bonds. The molecule has 1 unspecified atom stereocenters. The van der Waals surface area contributed by atoms with Crippen molar-refractivity contribution in [3.8, 4) is 0 Å². The monoisotopic (exact) mass is 266 g/mol. The predicted molar refractivity (Wildman–Crippen MR) is 75.8 cm³/mol. The van der Waals surface area contributed by atoms with Gasteiger partial charge >= 0.3 is 0 Å². The molecular weight excluding hydrogens is 243 g/mol. The van der Waals surface area contributed by atoms with Crippen molar-refractivity contribution in [2.24, 2.45) is 5.73 Å². The summed E-state index contributed by atoms with van der Waals surface area (Å²) in [6.45, 7) is 9.33. The lowest BCUT2D eigenvalue weighted by molar-refractivity contribution is -0.0751. The Morgan fingerprint density at radius 3 is 2.68 bits per heavy atom. The van der Waals surface area contributed by atoms with Gasteiger partial charge < -0.3 is 15.4 Å². The van der Waals surface area contributed by atoms with E-state index in [0.717, 1.165) is 5.56 Å². The lowest BCUT2D eigenvalue weighted by atomic mass is 10.0. The van der Waals surface area contributed by atoms with Gasteiger partial charge in [-0.3, -0.25) is 0 Å². The predicted octanol–water partition coefficient (Wildman–Crippen LogP) is 2.85. The normalized spacial score (nSPS) is 24.3. The van der Waals surface area contributed by atoms with E-state index in [9.17, 15) is 4.39 Å². The summed E-state index contributed by atoms with van der Waals surface area (Å²) >= 11 is 0. The van der Waals surface area contributed by atoms with Crippen molar-refractivity contribution >= 4 is 5.69 Å². The van der Waals surface area contributed by atoms with Crippen LogP contribution >= 0.6 is 0 Å². The first-order chi connectivity index (χ1) is 8.78. The van der Waals surface area contributed by atoms with E-state index in [1.165, 1.54) is 6.07 Å². The lowest BCUT2D eigenvalue weighted by Crippen LogP contribution is -2.52. The fourth-order valence-corrected chi connectivity index (χ4v) is 2.70. The molecule has 1 aromatic rings. The molecule has 3 nitrogen and oxygen atoms in total. The molecule has 1 aliphatic rings. The highest BCUT2D eigenvalue weighted by Gasteiger charge is 2.32. The molecule has 1 fully saturated rings. The summed E-state index contributed by atoms with van der Waals surface area (Å²) in [5.41, 5.74) is 6.97. The Morgan fingerprint density at radius 1 is 1.47 bits per heavy atom. The number of benzene rings is 1. The number of nitrogens with two attached hydrogens (primary N) is 1. The number of hydrogen-bond donors (Lipinski definition) is 1. The Labute approximate surface area is 114 Å². The maximum absolute atomic E-state index is 14.2. The Hall–Kier alpha value is -1.13. The fourth-order valence-electron chi connectivity index (χ4n) is 2.70. The Bertz CT molecular complexity index is 459. The van der Waals surface area contributed by atoms with Gasteiger partial charge in [-0.2, -0.15) is 0 Å². The molecule has 0 aliphatic carbocycles. The largest absolute Gasteiger partial charge is 0.369 e. The molecule has 1 heterocycles. The second-order valence-corrected chi connectivity index (χ2v) is 6.07. The van der Waals surface area contributed by atoms with E-state index in [1.54, 1.807) is 0 Å². The van der Waals surface area contributed by atoms with Crippen molar-refractivity contribution in [1.29, 1.82) is 0 Å². The zero-order valence-electron chi connectivity index (χ0n) is 12.1. The number of rotatable bonds is 2. The van der Waals surface area contributed by atoms with Gasteiger partial charge in [-0.05, 0) is 45.4 Å². The zero-order chi connectivity index (χ0) is 14.2. The molecule has 0 saturated carbocycles. The second kappa shape index (κ2) is 5.10. The van der Waals surface area contributed by atoms with Gasteiger partial charge in [0.25, 0.3) is 0 Å². The van der Waals surface area contributed by atoms with Crippen molar-refractivity contribution < 1.29 is 9.13 Å². The second-order valence-electron chi connectivity index (χ2n) is 6.07. The van der Waals surface area contributed by atoms with E-state index in [0.29, 0.717) is 18.8 Å². The van der Waals surface area contributed by atoms with Crippen LogP contribution in [0.25, 0.3) is 0 Å². The minimum Gasteiger partial charge on any atom is -0.369 e. The number of hydrogen-bond acceptors (Lipinski definition) is 3. The molecule has 106 valence electrons. The zero-order valence-corrected chi connectivity index (χ0v) is 12.1. The topological polar surface area (TPSA) is 38.5 Å². The van der Waals surface area contributed by atoms with Gasteiger partial charge in [0.05, 0.1) is 17.4 Å². The van der Waals surface area contributed by atoms with Crippen molar-refractivity contribution in [3.05, 3.63) is 29.6 Å². The highest BCUT2D eigenvalue weighted by atomic mass is 19.1. The molecule has 0 spiro atoms. The standard InChI is InChI=1S/C15H23FN2O/c1-10-8-18(9-15(3,4)19-10)14-6-5-12(11(2)17)7-13(14)16/h5-7,10-11H,8-9,17H2,1-4H3/t10?,11-/m1/s1. The van der Waals surface area contributed by atoms with Crippen LogP contribution in [-0.4, -0.2) is 24.8 Å². The van der Waals surface area contributed by atoms with Crippen LogP contribution in [0.3, 0.4) is 0 Å². The van der Waals surface area contributed by atoms with Crippen LogP contribution in [0.4, 0.5) is 10.1 Å². The summed E-state index contributed by atoms with van der Waals surface area (Å²) in [7, 11) is 0. The number of anilines is 1. The van der Waals surface area contributed by atoms with E-state index in [-0.39, 0.29) is 23.6 Å². The fraction of sp³-hybridized carbons (Fsp3) is 0.600. The summed E-state index contributed by atoms with van der Waals surface area (Å²) < 4.78 is 20.1. The van der Waals surface area contributed by atoms with Gasteiger partial charge in [0.15, 0.2) is 0 Å². The number of nitrogens with zero attached hydrogens (tertiary/aromatic N) is 1. The summed E-state index contributed by atoms with van der Waals surface area (Å²) in [5.74, 6) is -0.209. The summed E-state index contributed by atoms with van der Waals surface area (Å²) in [6.07, 6.45) is 0.0938. The number of morpholine rings is 1. The van der Waals surface area contributed by atoms with Crippen LogP contribution in [0.2, 0.25) is 0 Å². The van der Waals surface area contributed by atoms with Gasteiger partial charge in [0, 0.05) is 19.1 Å². The molecule has 4 heteroatoms. The first kappa shape index (κ1) is 14.3. The van der Waals surface area contributed by atoms with Crippen LogP contribution in [0, 0.1) is 5.82 Å². The molecule has 2 atom stereocenters. The summed E-state index contributed by atoms with van der Waals surface area (Å²) in [4.78, 5) is 2.05. The van der Waals surface area contributed by atoms with E-state index in [4.69, 9.17) is 10.5 Å². The van der Waals surface area contributed by atoms with Gasteiger partial charge in [-0.25, -0.2) is 4.39 Å². The smallest absolute Gasteiger partial charge is 0.146 e. The molecule has 1 aromatic carbocycles.